The van der Waals surface area contributed by atoms with Crippen molar-refractivity contribution in [1.29, 1.82) is 0 Å². The first-order chi connectivity index (χ1) is 11.0. The summed E-state index contributed by atoms with van der Waals surface area (Å²) in [4.78, 5) is 4.59. The molecule has 23 heavy (non-hydrogen) atoms. The number of benzene rings is 2. The maximum Gasteiger partial charge on any atom is 0.181 e. The first-order valence-electron chi connectivity index (χ1n) is 6.99. The predicted molar refractivity (Wildman–Crippen MR) is 94.1 cm³/mol. The summed E-state index contributed by atoms with van der Waals surface area (Å²) in [5, 5.41) is 0. The molecule has 3 rings (SSSR count). The Labute approximate surface area is 141 Å². The Morgan fingerprint density at radius 1 is 1.09 bits per heavy atom. The summed E-state index contributed by atoms with van der Waals surface area (Å²) in [6.45, 7) is 1.90. The second kappa shape index (κ2) is 6.51. The Morgan fingerprint density at radius 2 is 1.78 bits per heavy atom. The molecule has 0 N–H and O–H groups in total. The number of sulfone groups is 1. The molecular formula is C16H15NO3S3. The van der Waals surface area contributed by atoms with E-state index in [4.69, 9.17) is 0 Å². The highest BCUT2D eigenvalue weighted by molar-refractivity contribution is 7.93. The van der Waals surface area contributed by atoms with Gasteiger partial charge in [0.1, 0.15) is 0 Å². The first-order valence-corrected chi connectivity index (χ1v) is 10.8. The molecule has 3 aromatic rings. The normalized spacial score (nSPS) is 13.3. The predicted octanol–water partition coefficient (Wildman–Crippen LogP) is 3.19. The Bertz CT molecular complexity index is 927. The Morgan fingerprint density at radius 3 is 2.48 bits per heavy atom. The third-order valence-electron chi connectivity index (χ3n) is 3.39. The minimum absolute atomic E-state index is 0.0516. The van der Waals surface area contributed by atoms with Crippen molar-refractivity contribution < 1.29 is 12.6 Å². The van der Waals surface area contributed by atoms with Gasteiger partial charge in [0.25, 0.3) is 0 Å². The van der Waals surface area contributed by atoms with Crippen LogP contribution in [0, 0.1) is 6.92 Å². The van der Waals surface area contributed by atoms with Gasteiger partial charge >= 0.3 is 0 Å². The minimum Gasteiger partial charge on any atom is -0.252 e. The summed E-state index contributed by atoms with van der Waals surface area (Å²) < 4.78 is 38.4. The van der Waals surface area contributed by atoms with E-state index >= 15 is 0 Å². The topological polar surface area (TPSA) is 64.1 Å². The second-order valence-electron chi connectivity index (χ2n) is 5.13. The van der Waals surface area contributed by atoms with Crippen LogP contribution in [-0.4, -0.2) is 29.1 Å². The molecular weight excluding hydrogens is 350 g/mol. The van der Waals surface area contributed by atoms with Crippen molar-refractivity contribution in [2.24, 2.45) is 0 Å². The molecule has 0 saturated carbocycles. The van der Waals surface area contributed by atoms with Crippen LogP contribution >= 0.6 is 11.3 Å². The van der Waals surface area contributed by atoms with E-state index in [1.54, 1.807) is 24.3 Å². The molecule has 0 saturated heterocycles. The molecule has 0 aliphatic rings. The molecule has 0 radical (unpaired) electrons. The zero-order valence-corrected chi connectivity index (χ0v) is 14.9. The maximum atomic E-state index is 12.3. The zero-order valence-electron chi connectivity index (χ0n) is 12.4. The highest BCUT2D eigenvalue weighted by Gasteiger charge is 2.18. The summed E-state index contributed by atoms with van der Waals surface area (Å²) in [5.74, 6) is -0.103. The molecule has 0 bridgehead atoms. The van der Waals surface area contributed by atoms with Crippen LogP contribution in [0.1, 0.15) is 5.56 Å². The SMILES string of the molecule is Cc1ccc(S(=O)(=O)CCS(=O)c2nc3ccccc3s2)cc1. The van der Waals surface area contributed by atoms with E-state index in [1.807, 2.05) is 31.2 Å². The number of fused-ring (bicyclic) bond motifs is 1. The smallest absolute Gasteiger partial charge is 0.181 e. The largest absolute Gasteiger partial charge is 0.252 e. The molecule has 1 heterocycles. The van der Waals surface area contributed by atoms with Gasteiger partial charge in [-0.25, -0.2) is 13.4 Å². The number of aryl methyl sites for hydroxylation is 1. The van der Waals surface area contributed by atoms with Crippen molar-refractivity contribution in [3.8, 4) is 0 Å². The van der Waals surface area contributed by atoms with Gasteiger partial charge in [-0.15, -0.1) is 11.3 Å². The highest BCUT2D eigenvalue weighted by atomic mass is 32.2. The summed E-state index contributed by atoms with van der Waals surface area (Å²) in [6, 6.07) is 14.2. The molecule has 4 nitrogen and oxygen atoms in total. The van der Waals surface area contributed by atoms with Gasteiger partial charge in [0.2, 0.25) is 0 Å². The van der Waals surface area contributed by atoms with Crippen molar-refractivity contribution >= 4 is 42.2 Å². The lowest BCUT2D eigenvalue weighted by molar-refractivity contribution is 0.597. The number of nitrogens with zero attached hydrogens (tertiary/aromatic N) is 1. The van der Waals surface area contributed by atoms with Gasteiger partial charge in [-0.3, -0.25) is 4.21 Å². The molecule has 0 amide bonds. The lowest BCUT2D eigenvalue weighted by Crippen LogP contribution is -2.13. The fourth-order valence-electron chi connectivity index (χ4n) is 2.08. The van der Waals surface area contributed by atoms with Gasteiger partial charge in [-0.2, -0.15) is 0 Å². The quantitative estimate of drug-likeness (QED) is 0.696. The van der Waals surface area contributed by atoms with E-state index in [1.165, 1.54) is 11.3 Å². The monoisotopic (exact) mass is 365 g/mol. The summed E-state index contributed by atoms with van der Waals surface area (Å²) in [5.41, 5.74) is 1.80. The lowest BCUT2D eigenvalue weighted by atomic mass is 10.2. The average molecular weight is 366 g/mol. The Balaban J connectivity index is 1.74. The highest BCUT2D eigenvalue weighted by Crippen LogP contribution is 2.24. The van der Waals surface area contributed by atoms with Gasteiger partial charge in [0.15, 0.2) is 14.2 Å². The fraction of sp³-hybridized carbons (Fsp3) is 0.188. The lowest BCUT2D eigenvalue weighted by Gasteiger charge is -2.04. The Hall–Kier alpha value is -1.57. The van der Waals surface area contributed by atoms with Crippen molar-refractivity contribution in [3.05, 3.63) is 54.1 Å². The number of rotatable bonds is 5. The molecule has 1 unspecified atom stereocenters. The maximum absolute atomic E-state index is 12.3. The van der Waals surface area contributed by atoms with Crippen LogP contribution in [0.2, 0.25) is 0 Å². The van der Waals surface area contributed by atoms with Crippen LogP contribution in [0.5, 0.6) is 0 Å². The van der Waals surface area contributed by atoms with Gasteiger partial charge in [-0.1, -0.05) is 29.8 Å². The van der Waals surface area contributed by atoms with Crippen LogP contribution in [0.25, 0.3) is 10.2 Å². The molecule has 0 aliphatic carbocycles. The third-order valence-corrected chi connectivity index (χ3v) is 8.07. The van der Waals surface area contributed by atoms with Gasteiger partial charge < -0.3 is 0 Å². The molecule has 1 atom stereocenters. The van der Waals surface area contributed by atoms with Crippen molar-refractivity contribution in [2.45, 2.75) is 16.2 Å². The molecule has 0 fully saturated rings. The van der Waals surface area contributed by atoms with Crippen LogP contribution in [0.3, 0.4) is 0 Å². The van der Waals surface area contributed by atoms with E-state index in [0.29, 0.717) is 4.34 Å². The van der Waals surface area contributed by atoms with E-state index in [0.717, 1.165) is 15.8 Å². The van der Waals surface area contributed by atoms with E-state index < -0.39 is 20.6 Å². The minimum atomic E-state index is -3.43. The number of hydrogen-bond acceptors (Lipinski definition) is 5. The third kappa shape index (κ3) is 3.68. The molecule has 0 aliphatic heterocycles. The summed E-state index contributed by atoms with van der Waals surface area (Å²) in [7, 11) is -4.84. The second-order valence-corrected chi connectivity index (χ2v) is 10.0. The number of aromatic nitrogens is 1. The van der Waals surface area contributed by atoms with Gasteiger partial charge in [0, 0.05) is 5.75 Å². The standard InChI is InChI=1S/C16H15NO3S3/c1-12-6-8-13(9-7-12)23(19,20)11-10-22(18)16-17-14-4-2-3-5-15(14)21-16/h2-9H,10-11H2,1H3. The van der Waals surface area contributed by atoms with Crippen LogP contribution < -0.4 is 0 Å². The average Bonchev–Trinajstić information content (AvgIpc) is 2.97. The first kappa shape index (κ1) is 16.3. The van der Waals surface area contributed by atoms with E-state index in [-0.39, 0.29) is 16.4 Å². The number of hydrogen-bond donors (Lipinski definition) is 0. The van der Waals surface area contributed by atoms with Crippen LogP contribution in [0.4, 0.5) is 0 Å². The molecule has 7 heteroatoms. The van der Waals surface area contributed by atoms with E-state index in [2.05, 4.69) is 4.98 Å². The molecule has 120 valence electrons. The van der Waals surface area contributed by atoms with E-state index in [9.17, 15) is 12.6 Å². The van der Waals surface area contributed by atoms with Gasteiger partial charge in [0.05, 0.1) is 31.7 Å². The van der Waals surface area contributed by atoms with Crippen LogP contribution in [0.15, 0.2) is 57.8 Å². The summed E-state index contributed by atoms with van der Waals surface area (Å²) in [6.07, 6.45) is 0. The molecule has 1 aromatic heterocycles. The number of para-hydroxylation sites is 1. The Kier molecular flexibility index (Phi) is 4.61. The fourth-order valence-corrected chi connectivity index (χ4v) is 6.32. The van der Waals surface area contributed by atoms with Crippen molar-refractivity contribution in [2.75, 3.05) is 11.5 Å². The molecule has 0 spiro atoms. The van der Waals surface area contributed by atoms with Crippen molar-refractivity contribution in [3.63, 3.8) is 0 Å². The van der Waals surface area contributed by atoms with Crippen molar-refractivity contribution in [1.82, 2.24) is 4.98 Å². The van der Waals surface area contributed by atoms with Gasteiger partial charge in [-0.05, 0) is 31.2 Å². The van der Waals surface area contributed by atoms with Crippen LogP contribution in [-0.2, 0) is 20.6 Å². The summed E-state index contributed by atoms with van der Waals surface area (Å²) >= 11 is 1.35. The number of thiazole rings is 1. The zero-order chi connectivity index (χ0) is 16.4. The molecule has 2 aromatic carbocycles.